The van der Waals surface area contributed by atoms with Gasteiger partial charge in [0.25, 0.3) is 0 Å². The molecule has 3 rings (SSSR count). The largest absolute Gasteiger partial charge is 0.387 e. The van der Waals surface area contributed by atoms with Gasteiger partial charge in [-0.05, 0) is 43.2 Å². The average molecular weight is 288 g/mol. The lowest BCUT2D eigenvalue weighted by Gasteiger charge is -2.32. The fourth-order valence-corrected chi connectivity index (χ4v) is 3.72. The smallest absolute Gasteiger partial charge is 0.217 e. The SMILES string of the molecule is CC(=O)NC1CCC(NC2Cc3ccccc3C2O)CC1. The quantitative estimate of drug-likeness (QED) is 0.793. The normalized spacial score (nSPS) is 31.7. The lowest BCUT2D eigenvalue weighted by atomic mass is 9.90. The van der Waals surface area contributed by atoms with E-state index < -0.39 is 6.10 Å². The van der Waals surface area contributed by atoms with Crippen molar-refractivity contribution in [3.05, 3.63) is 35.4 Å². The number of nitrogens with one attached hydrogen (secondary N) is 2. The van der Waals surface area contributed by atoms with E-state index in [1.54, 1.807) is 6.92 Å². The fraction of sp³-hybridized carbons (Fsp3) is 0.588. The molecule has 1 fully saturated rings. The maximum Gasteiger partial charge on any atom is 0.217 e. The van der Waals surface area contributed by atoms with E-state index in [-0.39, 0.29) is 11.9 Å². The van der Waals surface area contributed by atoms with Gasteiger partial charge in [0, 0.05) is 25.0 Å². The first kappa shape index (κ1) is 14.5. The average Bonchev–Trinajstić information content (AvgIpc) is 2.78. The molecular formula is C17H24N2O2. The molecule has 0 aliphatic heterocycles. The molecule has 0 aromatic heterocycles. The third kappa shape index (κ3) is 3.27. The van der Waals surface area contributed by atoms with Gasteiger partial charge in [-0.15, -0.1) is 0 Å². The number of carbonyl (C=O) groups excluding carboxylic acids is 1. The maximum atomic E-state index is 11.1. The zero-order valence-electron chi connectivity index (χ0n) is 12.5. The lowest BCUT2D eigenvalue weighted by molar-refractivity contribution is -0.119. The molecule has 1 aromatic rings. The van der Waals surface area contributed by atoms with E-state index in [4.69, 9.17) is 0 Å². The number of aliphatic hydroxyl groups is 1. The number of fused-ring (bicyclic) bond motifs is 1. The second-order valence-corrected chi connectivity index (χ2v) is 6.37. The van der Waals surface area contributed by atoms with Crippen LogP contribution >= 0.6 is 0 Å². The van der Waals surface area contributed by atoms with Gasteiger partial charge in [-0.2, -0.15) is 0 Å². The van der Waals surface area contributed by atoms with Gasteiger partial charge in [-0.1, -0.05) is 24.3 Å². The summed E-state index contributed by atoms with van der Waals surface area (Å²) in [6, 6.07) is 9.05. The summed E-state index contributed by atoms with van der Waals surface area (Å²) in [6.45, 7) is 1.58. The topological polar surface area (TPSA) is 61.4 Å². The van der Waals surface area contributed by atoms with Crippen molar-refractivity contribution in [3.8, 4) is 0 Å². The summed E-state index contributed by atoms with van der Waals surface area (Å²) in [4.78, 5) is 11.1. The number of carbonyl (C=O) groups is 1. The van der Waals surface area contributed by atoms with Crippen LogP contribution in [0.25, 0.3) is 0 Å². The Morgan fingerprint density at radius 1 is 1.14 bits per heavy atom. The Kier molecular flexibility index (Phi) is 4.27. The van der Waals surface area contributed by atoms with Crippen LogP contribution in [0.1, 0.15) is 49.8 Å². The number of rotatable bonds is 3. The van der Waals surface area contributed by atoms with Gasteiger partial charge in [-0.25, -0.2) is 0 Å². The Morgan fingerprint density at radius 3 is 2.48 bits per heavy atom. The van der Waals surface area contributed by atoms with E-state index in [9.17, 15) is 9.90 Å². The van der Waals surface area contributed by atoms with E-state index >= 15 is 0 Å². The second-order valence-electron chi connectivity index (χ2n) is 6.37. The standard InChI is InChI=1S/C17H24N2O2/c1-11(20)18-13-6-8-14(9-7-13)19-16-10-12-4-2-3-5-15(12)17(16)21/h2-5,13-14,16-17,19,21H,6-10H2,1H3,(H,18,20). The number of hydrogen-bond acceptors (Lipinski definition) is 3. The Morgan fingerprint density at radius 2 is 1.81 bits per heavy atom. The van der Waals surface area contributed by atoms with Crippen LogP contribution in [0.4, 0.5) is 0 Å². The molecule has 2 atom stereocenters. The van der Waals surface area contributed by atoms with E-state index in [1.807, 2.05) is 18.2 Å². The van der Waals surface area contributed by atoms with E-state index in [2.05, 4.69) is 16.7 Å². The van der Waals surface area contributed by atoms with E-state index in [0.717, 1.165) is 37.7 Å². The highest BCUT2D eigenvalue weighted by atomic mass is 16.3. The van der Waals surface area contributed by atoms with Gasteiger partial charge >= 0.3 is 0 Å². The first-order valence-corrected chi connectivity index (χ1v) is 7.92. The first-order valence-electron chi connectivity index (χ1n) is 7.92. The Labute approximate surface area is 125 Å². The monoisotopic (exact) mass is 288 g/mol. The first-order chi connectivity index (χ1) is 10.1. The second kappa shape index (κ2) is 6.16. The van der Waals surface area contributed by atoms with Crippen molar-refractivity contribution in [2.45, 2.75) is 63.3 Å². The third-order valence-electron chi connectivity index (χ3n) is 4.78. The molecule has 21 heavy (non-hydrogen) atoms. The molecule has 0 heterocycles. The molecule has 0 saturated heterocycles. The molecule has 1 saturated carbocycles. The minimum atomic E-state index is -0.394. The van der Waals surface area contributed by atoms with Crippen molar-refractivity contribution in [2.75, 3.05) is 0 Å². The van der Waals surface area contributed by atoms with Crippen LogP contribution in [-0.4, -0.2) is 29.1 Å². The lowest BCUT2D eigenvalue weighted by Crippen LogP contribution is -2.46. The highest BCUT2D eigenvalue weighted by molar-refractivity contribution is 5.73. The van der Waals surface area contributed by atoms with Crippen LogP contribution in [0.5, 0.6) is 0 Å². The third-order valence-corrected chi connectivity index (χ3v) is 4.78. The highest BCUT2D eigenvalue weighted by Crippen LogP contribution is 2.32. The number of amides is 1. The van der Waals surface area contributed by atoms with Gasteiger partial charge in [0.1, 0.15) is 0 Å². The van der Waals surface area contributed by atoms with Crippen molar-refractivity contribution in [2.24, 2.45) is 0 Å². The molecule has 1 aromatic carbocycles. The van der Waals surface area contributed by atoms with E-state index in [1.165, 1.54) is 5.56 Å². The molecule has 4 heteroatoms. The number of benzene rings is 1. The zero-order chi connectivity index (χ0) is 14.8. The van der Waals surface area contributed by atoms with Gasteiger partial charge in [0.2, 0.25) is 5.91 Å². The summed E-state index contributed by atoms with van der Waals surface area (Å²) in [5.41, 5.74) is 2.33. The molecule has 4 nitrogen and oxygen atoms in total. The summed E-state index contributed by atoms with van der Waals surface area (Å²) >= 11 is 0. The summed E-state index contributed by atoms with van der Waals surface area (Å²) in [5, 5.41) is 17.1. The van der Waals surface area contributed by atoms with Crippen molar-refractivity contribution >= 4 is 5.91 Å². The molecule has 0 radical (unpaired) electrons. The maximum absolute atomic E-state index is 11.1. The summed E-state index contributed by atoms with van der Waals surface area (Å²) in [6.07, 6.45) is 4.67. The summed E-state index contributed by atoms with van der Waals surface area (Å²) < 4.78 is 0. The van der Waals surface area contributed by atoms with Gasteiger partial charge in [0.15, 0.2) is 0 Å². The van der Waals surface area contributed by atoms with Gasteiger partial charge < -0.3 is 15.7 Å². The molecule has 2 aliphatic rings. The van der Waals surface area contributed by atoms with Gasteiger partial charge in [0.05, 0.1) is 6.10 Å². The predicted molar refractivity (Wildman–Crippen MR) is 81.9 cm³/mol. The fourth-order valence-electron chi connectivity index (χ4n) is 3.72. The van der Waals surface area contributed by atoms with Crippen LogP contribution in [0.2, 0.25) is 0 Å². The zero-order valence-corrected chi connectivity index (χ0v) is 12.5. The number of hydrogen-bond donors (Lipinski definition) is 3. The van der Waals surface area contributed by atoms with Crippen LogP contribution < -0.4 is 10.6 Å². The molecule has 2 aliphatic carbocycles. The predicted octanol–water partition coefficient (Wildman–Crippen LogP) is 1.68. The highest BCUT2D eigenvalue weighted by Gasteiger charge is 2.33. The molecule has 0 spiro atoms. The Balaban J connectivity index is 1.52. The van der Waals surface area contributed by atoms with Crippen molar-refractivity contribution in [1.29, 1.82) is 0 Å². The van der Waals surface area contributed by atoms with Crippen LogP contribution in [0.3, 0.4) is 0 Å². The summed E-state index contributed by atoms with van der Waals surface area (Å²) in [7, 11) is 0. The molecule has 3 N–H and O–H groups in total. The van der Waals surface area contributed by atoms with Crippen LogP contribution in [0, 0.1) is 0 Å². The van der Waals surface area contributed by atoms with Crippen molar-refractivity contribution in [1.82, 2.24) is 10.6 Å². The van der Waals surface area contributed by atoms with Crippen LogP contribution in [-0.2, 0) is 11.2 Å². The van der Waals surface area contributed by atoms with Crippen molar-refractivity contribution in [3.63, 3.8) is 0 Å². The minimum absolute atomic E-state index is 0.0630. The molecular weight excluding hydrogens is 264 g/mol. The Hall–Kier alpha value is -1.39. The summed E-state index contributed by atoms with van der Waals surface area (Å²) in [5.74, 6) is 0.0630. The van der Waals surface area contributed by atoms with E-state index in [0.29, 0.717) is 12.1 Å². The van der Waals surface area contributed by atoms with Gasteiger partial charge in [-0.3, -0.25) is 4.79 Å². The molecule has 1 amide bonds. The minimum Gasteiger partial charge on any atom is -0.387 e. The molecule has 114 valence electrons. The number of aliphatic hydroxyl groups excluding tert-OH is 1. The Bertz CT molecular complexity index is 509. The molecule has 2 unspecified atom stereocenters. The molecule has 0 bridgehead atoms. The van der Waals surface area contributed by atoms with Crippen molar-refractivity contribution < 1.29 is 9.90 Å². The van der Waals surface area contributed by atoms with Crippen LogP contribution in [0.15, 0.2) is 24.3 Å².